The first kappa shape index (κ1) is 16.5. The lowest BCUT2D eigenvalue weighted by atomic mass is 10.1. The number of aryl methyl sites for hydroxylation is 1. The molecule has 0 bridgehead atoms. The molecule has 6 heteroatoms. The van der Waals surface area contributed by atoms with Crippen LogP contribution in [0.4, 0.5) is 0 Å². The largest absolute Gasteiger partial charge is 0.469 e. The van der Waals surface area contributed by atoms with Crippen molar-refractivity contribution < 1.29 is 9.53 Å². The van der Waals surface area contributed by atoms with E-state index in [2.05, 4.69) is 14.5 Å². The van der Waals surface area contributed by atoms with E-state index in [0.29, 0.717) is 11.4 Å². The highest BCUT2D eigenvalue weighted by atomic mass is 32.1. The number of carbonyl (C=O) groups is 1. The molecule has 0 saturated heterocycles. The van der Waals surface area contributed by atoms with Crippen LogP contribution in [0.15, 0.2) is 54.2 Å². The van der Waals surface area contributed by atoms with Crippen molar-refractivity contribution in [2.45, 2.75) is 13.8 Å². The van der Waals surface area contributed by atoms with E-state index < -0.39 is 0 Å². The third-order valence-electron chi connectivity index (χ3n) is 4.31. The maximum Gasteiger partial charge on any atom is 0.225 e. The Morgan fingerprint density at radius 2 is 1.96 bits per heavy atom. The van der Waals surface area contributed by atoms with E-state index in [9.17, 15) is 4.79 Å². The predicted molar refractivity (Wildman–Crippen MR) is 102 cm³/mol. The van der Waals surface area contributed by atoms with E-state index >= 15 is 0 Å². The van der Waals surface area contributed by atoms with Crippen molar-refractivity contribution in [1.29, 1.82) is 0 Å². The number of hydrogen-bond donors (Lipinski definition) is 0. The summed E-state index contributed by atoms with van der Waals surface area (Å²) in [4.78, 5) is 21.9. The maximum absolute atomic E-state index is 12.7. The molecule has 1 aromatic carbocycles. The molecule has 0 atom stereocenters. The van der Waals surface area contributed by atoms with E-state index in [4.69, 9.17) is 4.74 Å². The minimum absolute atomic E-state index is 0.0545. The van der Waals surface area contributed by atoms with Crippen molar-refractivity contribution >= 4 is 27.3 Å². The number of aromatic nitrogens is 3. The van der Waals surface area contributed by atoms with Crippen LogP contribution in [0.5, 0.6) is 5.88 Å². The van der Waals surface area contributed by atoms with Gasteiger partial charge in [-0.1, -0.05) is 18.2 Å². The Labute approximate surface area is 154 Å². The summed E-state index contributed by atoms with van der Waals surface area (Å²) in [5.74, 6) is 0.378. The molecule has 0 aliphatic rings. The Hall–Kier alpha value is -2.99. The number of ketones is 1. The molecule has 0 aliphatic carbocycles. The van der Waals surface area contributed by atoms with Crippen LogP contribution < -0.4 is 4.74 Å². The molecular weight excluding hydrogens is 346 g/mol. The number of ether oxygens (including phenoxy) is 1. The van der Waals surface area contributed by atoms with Gasteiger partial charge in [0.25, 0.3) is 0 Å². The maximum atomic E-state index is 12.7. The summed E-state index contributed by atoms with van der Waals surface area (Å²) in [5, 5.41) is 2.77. The number of benzene rings is 1. The summed E-state index contributed by atoms with van der Waals surface area (Å²) in [5.41, 5.74) is 3.63. The Kier molecular flexibility index (Phi) is 4.26. The van der Waals surface area contributed by atoms with Crippen LogP contribution in [0.1, 0.15) is 21.7 Å². The molecule has 0 radical (unpaired) electrons. The van der Waals surface area contributed by atoms with Crippen LogP contribution in [-0.4, -0.2) is 26.9 Å². The van der Waals surface area contributed by atoms with Crippen LogP contribution in [-0.2, 0) is 0 Å². The lowest BCUT2D eigenvalue weighted by molar-refractivity contribution is 0.0918. The zero-order valence-electron chi connectivity index (χ0n) is 14.5. The van der Waals surface area contributed by atoms with Crippen molar-refractivity contribution in [3.63, 3.8) is 0 Å². The number of Topliss-reactive ketones (excluding diaryl/α,β-unsaturated/α-hetero) is 1. The van der Waals surface area contributed by atoms with Gasteiger partial charge in [-0.25, -0.2) is 9.97 Å². The van der Waals surface area contributed by atoms with Gasteiger partial charge in [0, 0.05) is 22.6 Å². The molecule has 3 heterocycles. The van der Waals surface area contributed by atoms with Gasteiger partial charge >= 0.3 is 0 Å². The molecule has 4 aromatic rings. The third kappa shape index (κ3) is 2.88. The first-order valence-electron chi connectivity index (χ1n) is 8.23. The first-order valence-corrected chi connectivity index (χ1v) is 9.11. The highest BCUT2D eigenvalue weighted by molar-refractivity contribution is 7.16. The minimum Gasteiger partial charge on any atom is -0.469 e. The normalized spacial score (nSPS) is 11.0. The number of para-hydroxylation sites is 1. The average Bonchev–Trinajstić information content (AvgIpc) is 3.25. The summed E-state index contributed by atoms with van der Waals surface area (Å²) in [7, 11) is 0. The number of carbonyl (C=O) groups excluding carboxylic acids is 1. The molecule has 0 saturated carbocycles. The zero-order chi connectivity index (χ0) is 18.1. The van der Waals surface area contributed by atoms with Gasteiger partial charge in [-0.05, 0) is 43.5 Å². The number of nitrogens with zero attached hydrogens (tertiary/aromatic N) is 3. The molecule has 0 spiro atoms. The van der Waals surface area contributed by atoms with Crippen LogP contribution in [0.2, 0.25) is 0 Å². The lowest BCUT2D eigenvalue weighted by Crippen LogP contribution is -2.13. The van der Waals surface area contributed by atoms with Gasteiger partial charge in [0.2, 0.25) is 11.7 Å². The van der Waals surface area contributed by atoms with Crippen LogP contribution in [0.25, 0.3) is 15.9 Å². The fourth-order valence-electron chi connectivity index (χ4n) is 3.11. The van der Waals surface area contributed by atoms with E-state index in [1.54, 1.807) is 0 Å². The average molecular weight is 363 g/mol. The fourth-order valence-corrected chi connectivity index (χ4v) is 3.84. The smallest absolute Gasteiger partial charge is 0.225 e. The minimum atomic E-state index is -0.0673. The highest BCUT2D eigenvalue weighted by Crippen LogP contribution is 2.26. The number of rotatable bonds is 5. The SMILES string of the molecule is Cc1cc(C(=O)COc2ncnc3sccc23)c(C)n1-c1ccccc1. The zero-order valence-corrected chi connectivity index (χ0v) is 15.3. The summed E-state index contributed by atoms with van der Waals surface area (Å²) in [6.45, 7) is 3.90. The van der Waals surface area contributed by atoms with Crippen molar-refractivity contribution in [3.8, 4) is 11.6 Å². The lowest BCUT2D eigenvalue weighted by Gasteiger charge is -2.10. The summed E-state index contributed by atoms with van der Waals surface area (Å²) < 4.78 is 7.78. The monoisotopic (exact) mass is 363 g/mol. The fraction of sp³-hybridized carbons (Fsp3) is 0.150. The molecule has 4 rings (SSSR count). The van der Waals surface area contributed by atoms with Crippen LogP contribution in [0, 0.1) is 13.8 Å². The van der Waals surface area contributed by atoms with Gasteiger partial charge in [-0.15, -0.1) is 11.3 Å². The topological polar surface area (TPSA) is 57.0 Å². The molecule has 130 valence electrons. The van der Waals surface area contributed by atoms with Gasteiger partial charge in [0.15, 0.2) is 6.61 Å². The highest BCUT2D eigenvalue weighted by Gasteiger charge is 2.18. The second kappa shape index (κ2) is 6.72. The Morgan fingerprint density at radius 3 is 2.77 bits per heavy atom. The standard InChI is InChI=1S/C20H17N3O2S/c1-13-10-17(14(2)23(13)15-6-4-3-5-7-15)18(24)11-25-19-16-8-9-26-20(16)22-12-21-19/h3-10,12H,11H2,1-2H3. The van der Waals surface area contributed by atoms with Crippen molar-refractivity contribution in [3.05, 3.63) is 71.1 Å². The van der Waals surface area contributed by atoms with Crippen LogP contribution in [0.3, 0.4) is 0 Å². The van der Waals surface area contributed by atoms with Gasteiger partial charge in [0.05, 0.1) is 5.39 Å². The molecule has 5 nitrogen and oxygen atoms in total. The van der Waals surface area contributed by atoms with Gasteiger partial charge in [-0.3, -0.25) is 4.79 Å². The molecule has 0 aliphatic heterocycles. The number of thiophene rings is 1. The summed E-state index contributed by atoms with van der Waals surface area (Å²) in [6.07, 6.45) is 1.46. The molecule has 0 unspecified atom stereocenters. The van der Waals surface area contributed by atoms with E-state index in [1.165, 1.54) is 17.7 Å². The Morgan fingerprint density at radius 1 is 1.15 bits per heavy atom. The van der Waals surface area contributed by atoms with Gasteiger partial charge < -0.3 is 9.30 Å². The Balaban J connectivity index is 1.58. The first-order chi connectivity index (χ1) is 12.6. The molecule has 0 amide bonds. The predicted octanol–water partition coefficient (Wildman–Crippen LogP) is 4.36. The van der Waals surface area contributed by atoms with Crippen molar-refractivity contribution in [2.24, 2.45) is 0 Å². The number of hydrogen-bond acceptors (Lipinski definition) is 5. The second-order valence-electron chi connectivity index (χ2n) is 5.99. The molecule has 0 fully saturated rings. The van der Waals surface area contributed by atoms with E-state index in [0.717, 1.165) is 27.3 Å². The van der Waals surface area contributed by atoms with Crippen LogP contribution >= 0.6 is 11.3 Å². The molecular formula is C20H17N3O2S. The third-order valence-corrected chi connectivity index (χ3v) is 5.13. The van der Waals surface area contributed by atoms with Crippen molar-refractivity contribution in [2.75, 3.05) is 6.61 Å². The van der Waals surface area contributed by atoms with Gasteiger partial charge in [0.1, 0.15) is 11.2 Å². The quantitative estimate of drug-likeness (QED) is 0.494. The van der Waals surface area contributed by atoms with E-state index in [1.807, 2.05) is 61.7 Å². The second-order valence-corrected chi connectivity index (χ2v) is 6.88. The summed E-state index contributed by atoms with van der Waals surface area (Å²) in [6, 6.07) is 13.8. The van der Waals surface area contributed by atoms with Crippen molar-refractivity contribution in [1.82, 2.24) is 14.5 Å². The van der Waals surface area contributed by atoms with E-state index in [-0.39, 0.29) is 12.4 Å². The molecule has 26 heavy (non-hydrogen) atoms. The Bertz CT molecular complexity index is 1080. The van der Waals surface area contributed by atoms with Gasteiger partial charge in [-0.2, -0.15) is 0 Å². The molecule has 0 N–H and O–H groups in total. The number of fused-ring (bicyclic) bond motifs is 1. The molecule has 3 aromatic heterocycles. The summed E-state index contributed by atoms with van der Waals surface area (Å²) >= 11 is 1.52.